The van der Waals surface area contributed by atoms with Crippen molar-refractivity contribution in [3.63, 3.8) is 0 Å². The van der Waals surface area contributed by atoms with Crippen LogP contribution < -0.4 is 15.4 Å². The van der Waals surface area contributed by atoms with Gasteiger partial charge in [0.15, 0.2) is 11.8 Å². The summed E-state index contributed by atoms with van der Waals surface area (Å²) in [6.45, 7) is 5.44. The summed E-state index contributed by atoms with van der Waals surface area (Å²) in [4.78, 5) is 8.56. The first-order chi connectivity index (χ1) is 12.5. The summed E-state index contributed by atoms with van der Waals surface area (Å²) in [5.41, 5.74) is 1.06. The maximum absolute atomic E-state index is 6.26. The van der Waals surface area contributed by atoms with E-state index in [4.69, 9.17) is 20.9 Å². The molecule has 0 bridgehead atoms. The molecular weight excluding hydrogens is 481 g/mol. The quantitative estimate of drug-likeness (QED) is 0.324. The predicted octanol–water partition coefficient (Wildman–Crippen LogP) is 3.42. The highest BCUT2D eigenvalue weighted by Crippen LogP contribution is 2.22. The van der Waals surface area contributed by atoms with E-state index in [9.17, 15) is 0 Å². The molecule has 0 fully saturated rings. The minimum atomic E-state index is 0. The molecule has 27 heavy (non-hydrogen) atoms. The van der Waals surface area contributed by atoms with E-state index >= 15 is 0 Å². The number of guanidine groups is 1. The third-order valence-electron chi connectivity index (χ3n) is 3.80. The number of benzene rings is 1. The average Bonchev–Trinajstić information content (AvgIpc) is 3.10. The lowest BCUT2D eigenvalue weighted by Gasteiger charge is -2.12. The summed E-state index contributed by atoms with van der Waals surface area (Å²) >= 11 is 6.26. The summed E-state index contributed by atoms with van der Waals surface area (Å²) < 4.78 is 10.4. The molecule has 9 heteroatoms. The molecule has 1 aromatic heterocycles. The number of rotatable bonds is 8. The van der Waals surface area contributed by atoms with Crippen molar-refractivity contribution in [1.29, 1.82) is 0 Å². The lowest BCUT2D eigenvalue weighted by Crippen LogP contribution is -2.39. The van der Waals surface area contributed by atoms with Gasteiger partial charge in [0.25, 0.3) is 0 Å². The van der Waals surface area contributed by atoms with Gasteiger partial charge in [0, 0.05) is 37.5 Å². The van der Waals surface area contributed by atoms with Crippen molar-refractivity contribution in [3.8, 4) is 5.75 Å². The number of hydrogen-bond donors (Lipinski definition) is 2. The molecule has 2 N–H and O–H groups in total. The molecule has 2 rings (SSSR count). The van der Waals surface area contributed by atoms with Crippen LogP contribution in [0, 0.1) is 0 Å². The van der Waals surface area contributed by atoms with Gasteiger partial charge in [0.1, 0.15) is 5.75 Å². The van der Waals surface area contributed by atoms with E-state index in [-0.39, 0.29) is 29.9 Å². The Morgan fingerprint density at radius 3 is 2.52 bits per heavy atom. The van der Waals surface area contributed by atoms with Crippen LogP contribution in [-0.2, 0) is 12.8 Å². The molecule has 0 unspecified atom stereocenters. The largest absolute Gasteiger partial charge is 0.497 e. The second kappa shape index (κ2) is 12.0. The summed E-state index contributed by atoms with van der Waals surface area (Å²) in [6, 6.07) is 5.70. The van der Waals surface area contributed by atoms with Crippen molar-refractivity contribution in [2.75, 3.05) is 27.2 Å². The Morgan fingerprint density at radius 1 is 1.26 bits per heavy atom. The third-order valence-corrected chi connectivity index (χ3v) is 4.15. The van der Waals surface area contributed by atoms with Crippen molar-refractivity contribution in [2.24, 2.45) is 4.99 Å². The zero-order chi connectivity index (χ0) is 18.9. The Balaban J connectivity index is 0.00000364. The standard InChI is InChI=1S/C18H26ClN5O2.HI/c1-12(2)17-23-16(26-24-17)8-10-22-18(20-3)21-9-7-13-5-6-14(25-4)11-15(13)19;/h5-6,11-12H,7-10H2,1-4H3,(H2,20,21,22);1H. The summed E-state index contributed by atoms with van der Waals surface area (Å²) in [7, 11) is 3.36. The Hall–Kier alpha value is -1.55. The number of aliphatic imine (C=N–C) groups is 1. The highest BCUT2D eigenvalue weighted by molar-refractivity contribution is 14.0. The molecular formula is C18H27ClIN5O2. The van der Waals surface area contributed by atoms with Gasteiger partial charge in [-0.1, -0.05) is 36.7 Å². The van der Waals surface area contributed by atoms with Crippen molar-refractivity contribution >= 4 is 41.5 Å². The maximum atomic E-state index is 6.26. The minimum absolute atomic E-state index is 0. The van der Waals surface area contributed by atoms with E-state index in [0.717, 1.165) is 29.5 Å². The molecule has 1 heterocycles. The van der Waals surface area contributed by atoms with Crippen molar-refractivity contribution in [2.45, 2.75) is 32.6 Å². The Labute approximate surface area is 182 Å². The van der Waals surface area contributed by atoms with Crippen LogP contribution >= 0.6 is 35.6 Å². The van der Waals surface area contributed by atoms with Gasteiger partial charge in [-0.05, 0) is 24.1 Å². The molecule has 150 valence electrons. The summed E-state index contributed by atoms with van der Waals surface area (Å²) in [6.07, 6.45) is 1.43. The van der Waals surface area contributed by atoms with Crippen LogP contribution in [0.15, 0.2) is 27.7 Å². The van der Waals surface area contributed by atoms with E-state index in [2.05, 4.69) is 25.8 Å². The molecule has 2 aromatic rings. The van der Waals surface area contributed by atoms with E-state index in [1.54, 1.807) is 14.2 Å². The number of nitrogens with one attached hydrogen (secondary N) is 2. The normalized spacial score (nSPS) is 11.3. The van der Waals surface area contributed by atoms with Gasteiger partial charge in [0.05, 0.1) is 7.11 Å². The predicted molar refractivity (Wildman–Crippen MR) is 119 cm³/mol. The van der Waals surface area contributed by atoms with Gasteiger partial charge in [-0.3, -0.25) is 4.99 Å². The maximum Gasteiger partial charge on any atom is 0.228 e. The minimum Gasteiger partial charge on any atom is -0.497 e. The van der Waals surface area contributed by atoms with Gasteiger partial charge in [-0.25, -0.2) is 0 Å². The van der Waals surface area contributed by atoms with Crippen LogP contribution in [0.25, 0.3) is 0 Å². The molecule has 7 nitrogen and oxygen atoms in total. The fourth-order valence-corrected chi connectivity index (χ4v) is 2.55. The number of halogens is 2. The number of nitrogens with zero attached hydrogens (tertiary/aromatic N) is 3. The molecule has 1 aromatic carbocycles. The molecule has 0 saturated heterocycles. The number of ether oxygens (including phenoxy) is 1. The number of aromatic nitrogens is 2. The zero-order valence-electron chi connectivity index (χ0n) is 16.1. The van der Waals surface area contributed by atoms with E-state index in [0.29, 0.717) is 30.4 Å². The van der Waals surface area contributed by atoms with E-state index < -0.39 is 0 Å². The van der Waals surface area contributed by atoms with E-state index in [1.807, 2.05) is 32.0 Å². The van der Waals surface area contributed by atoms with E-state index in [1.165, 1.54) is 0 Å². The Kier molecular flexibility index (Phi) is 10.5. The number of hydrogen-bond acceptors (Lipinski definition) is 5. The van der Waals surface area contributed by atoms with Gasteiger partial charge in [-0.2, -0.15) is 4.98 Å². The fraction of sp³-hybridized carbons (Fsp3) is 0.500. The first kappa shape index (κ1) is 23.5. The third kappa shape index (κ3) is 7.53. The molecule has 0 aliphatic rings. The molecule has 0 aliphatic carbocycles. The Morgan fingerprint density at radius 2 is 1.96 bits per heavy atom. The van der Waals surface area contributed by atoms with Crippen LogP contribution in [-0.4, -0.2) is 43.3 Å². The number of methoxy groups -OCH3 is 1. The van der Waals surface area contributed by atoms with Crippen LogP contribution in [0.3, 0.4) is 0 Å². The van der Waals surface area contributed by atoms with Crippen LogP contribution in [0.1, 0.15) is 37.0 Å². The zero-order valence-corrected chi connectivity index (χ0v) is 19.2. The molecule has 0 radical (unpaired) electrons. The summed E-state index contributed by atoms with van der Waals surface area (Å²) in [5, 5.41) is 11.2. The van der Waals surface area contributed by atoms with Gasteiger partial charge < -0.3 is 19.9 Å². The highest BCUT2D eigenvalue weighted by Gasteiger charge is 2.09. The monoisotopic (exact) mass is 507 g/mol. The SMILES string of the molecule is CN=C(NCCc1nc(C(C)C)no1)NCCc1ccc(OC)cc1Cl.I. The summed E-state index contributed by atoms with van der Waals surface area (Å²) in [5.74, 6) is 3.10. The molecule has 0 saturated carbocycles. The topological polar surface area (TPSA) is 84.6 Å². The lowest BCUT2D eigenvalue weighted by molar-refractivity contribution is 0.371. The van der Waals surface area contributed by atoms with Crippen molar-refractivity contribution < 1.29 is 9.26 Å². The molecule has 0 atom stereocenters. The lowest BCUT2D eigenvalue weighted by atomic mass is 10.1. The van der Waals surface area contributed by atoms with Crippen molar-refractivity contribution in [3.05, 3.63) is 40.5 Å². The first-order valence-corrected chi connectivity index (χ1v) is 9.00. The molecule has 0 spiro atoms. The van der Waals surface area contributed by atoms with Crippen molar-refractivity contribution in [1.82, 2.24) is 20.8 Å². The van der Waals surface area contributed by atoms with Crippen LogP contribution in [0.2, 0.25) is 5.02 Å². The van der Waals surface area contributed by atoms with Gasteiger partial charge in [-0.15, -0.1) is 24.0 Å². The molecule has 0 aliphatic heterocycles. The van der Waals surface area contributed by atoms with Gasteiger partial charge in [0.2, 0.25) is 5.89 Å². The molecule has 0 amide bonds. The average molecular weight is 508 g/mol. The highest BCUT2D eigenvalue weighted by atomic mass is 127. The second-order valence-corrected chi connectivity index (χ2v) is 6.49. The fourth-order valence-electron chi connectivity index (χ4n) is 2.29. The van der Waals surface area contributed by atoms with Gasteiger partial charge >= 0.3 is 0 Å². The van der Waals surface area contributed by atoms with Crippen LogP contribution in [0.4, 0.5) is 0 Å². The second-order valence-electron chi connectivity index (χ2n) is 6.08. The smallest absolute Gasteiger partial charge is 0.228 e. The first-order valence-electron chi connectivity index (χ1n) is 8.63. The Bertz CT molecular complexity index is 736. The van der Waals surface area contributed by atoms with Crippen LogP contribution in [0.5, 0.6) is 5.75 Å².